The van der Waals surface area contributed by atoms with Gasteiger partial charge in [0.25, 0.3) is 5.91 Å². The maximum atomic E-state index is 13.1. The summed E-state index contributed by atoms with van der Waals surface area (Å²) in [6, 6.07) is 4.05. The van der Waals surface area contributed by atoms with E-state index in [0.29, 0.717) is 11.5 Å². The van der Waals surface area contributed by atoms with Crippen molar-refractivity contribution < 1.29 is 4.79 Å². The first-order chi connectivity index (χ1) is 15.8. The van der Waals surface area contributed by atoms with Crippen molar-refractivity contribution in [1.29, 1.82) is 0 Å². The molecule has 8 nitrogen and oxygen atoms in total. The first kappa shape index (κ1) is 19.3. The van der Waals surface area contributed by atoms with Gasteiger partial charge < -0.3 is 15.2 Å². The van der Waals surface area contributed by atoms with Gasteiger partial charge in [0.2, 0.25) is 5.95 Å². The Morgan fingerprint density at radius 3 is 2.91 bits per heavy atom. The number of hydrogen-bond acceptors (Lipinski definition) is 5. The summed E-state index contributed by atoms with van der Waals surface area (Å²) in [5.74, 6) is 1.61. The summed E-state index contributed by atoms with van der Waals surface area (Å²) >= 11 is 0. The molecule has 4 aromatic rings. The molecule has 0 unspecified atom stereocenters. The predicted octanol–water partition coefficient (Wildman–Crippen LogP) is 4.11. The van der Waals surface area contributed by atoms with E-state index in [9.17, 15) is 4.79 Å². The van der Waals surface area contributed by atoms with Crippen LogP contribution in [0.2, 0.25) is 0 Å². The van der Waals surface area contributed by atoms with Gasteiger partial charge in [-0.3, -0.25) is 4.79 Å². The van der Waals surface area contributed by atoms with E-state index in [0.717, 1.165) is 66.1 Å². The topological polar surface area (TPSA) is 91.2 Å². The predicted molar refractivity (Wildman–Crippen MR) is 124 cm³/mol. The minimum Gasteiger partial charge on any atom is -0.354 e. The summed E-state index contributed by atoms with van der Waals surface area (Å²) in [4.78, 5) is 27.5. The molecule has 6 rings (SSSR count). The van der Waals surface area contributed by atoms with Crippen molar-refractivity contribution >= 4 is 28.4 Å². The third-order valence-electron chi connectivity index (χ3n) is 6.67. The average molecular weight is 430 g/mol. The third kappa shape index (κ3) is 3.59. The molecular weight excluding hydrogens is 402 g/mol. The molecule has 0 spiro atoms. The van der Waals surface area contributed by atoms with Crippen molar-refractivity contribution in [3.05, 3.63) is 42.5 Å². The van der Waals surface area contributed by atoms with Gasteiger partial charge in [-0.05, 0) is 49.3 Å². The van der Waals surface area contributed by atoms with Crippen LogP contribution in [0.15, 0.2) is 36.9 Å². The molecule has 1 aliphatic heterocycles. The molecule has 2 fully saturated rings. The summed E-state index contributed by atoms with van der Waals surface area (Å²) in [6.07, 6.45) is 14.7. The van der Waals surface area contributed by atoms with Crippen molar-refractivity contribution in [3.8, 4) is 11.1 Å². The van der Waals surface area contributed by atoms with E-state index in [1.807, 2.05) is 35.6 Å². The first-order valence-electron chi connectivity index (χ1n) is 11.6. The van der Waals surface area contributed by atoms with Crippen molar-refractivity contribution in [3.63, 3.8) is 0 Å². The van der Waals surface area contributed by atoms with Crippen LogP contribution in [0.1, 0.15) is 48.9 Å². The quantitative estimate of drug-likeness (QED) is 0.481. The number of hydrogen-bond donors (Lipinski definition) is 2. The molecule has 4 aromatic heterocycles. The van der Waals surface area contributed by atoms with Gasteiger partial charge in [0.05, 0.1) is 17.3 Å². The van der Waals surface area contributed by atoms with Crippen LogP contribution in [0.5, 0.6) is 0 Å². The highest BCUT2D eigenvalue weighted by Gasteiger charge is 2.22. The number of likely N-dealkylation sites (tertiary alicyclic amines) is 1. The number of aromatic nitrogens is 5. The van der Waals surface area contributed by atoms with Gasteiger partial charge in [0.1, 0.15) is 5.65 Å². The monoisotopic (exact) mass is 429 g/mol. The number of carbonyl (C=O) groups excluding carboxylic acids is 1. The summed E-state index contributed by atoms with van der Waals surface area (Å²) in [6.45, 7) is 2.56. The molecule has 8 heteroatoms. The van der Waals surface area contributed by atoms with Crippen molar-refractivity contribution in [2.45, 2.75) is 38.5 Å². The summed E-state index contributed by atoms with van der Waals surface area (Å²) in [5, 5.41) is 8.70. The van der Waals surface area contributed by atoms with Crippen molar-refractivity contribution in [2.24, 2.45) is 5.92 Å². The van der Waals surface area contributed by atoms with E-state index in [1.165, 1.54) is 25.7 Å². The van der Waals surface area contributed by atoms with E-state index in [4.69, 9.17) is 0 Å². The molecule has 1 saturated heterocycles. The number of nitrogens with zero attached hydrogens (tertiary/aromatic N) is 5. The number of pyridine rings is 1. The highest BCUT2D eigenvalue weighted by atomic mass is 16.2. The zero-order chi connectivity index (χ0) is 21.5. The fourth-order valence-corrected chi connectivity index (χ4v) is 4.61. The van der Waals surface area contributed by atoms with Gasteiger partial charge in [-0.1, -0.05) is 12.8 Å². The summed E-state index contributed by atoms with van der Waals surface area (Å²) in [7, 11) is 0. The van der Waals surface area contributed by atoms with Crippen molar-refractivity contribution in [1.82, 2.24) is 29.5 Å². The number of carbonyl (C=O) groups is 1. The number of nitrogens with one attached hydrogen (secondary N) is 2. The Morgan fingerprint density at radius 1 is 1.19 bits per heavy atom. The molecule has 0 radical (unpaired) electrons. The fourth-order valence-electron chi connectivity index (χ4n) is 4.61. The highest BCUT2D eigenvalue weighted by molar-refractivity contribution is 6.02. The fraction of sp³-hybridized carbons (Fsp3) is 0.417. The van der Waals surface area contributed by atoms with Crippen LogP contribution in [0.4, 0.5) is 5.95 Å². The van der Waals surface area contributed by atoms with Crippen LogP contribution >= 0.6 is 0 Å². The van der Waals surface area contributed by atoms with Gasteiger partial charge in [0, 0.05) is 49.2 Å². The Kier molecular flexibility index (Phi) is 4.78. The molecule has 0 aromatic carbocycles. The number of H-pyrrole nitrogens is 1. The molecule has 2 aliphatic rings. The van der Waals surface area contributed by atoms with Crippen LogP contribution < -0.4 is 5.32 Å². The van der Waals surface area contributed by atoms with Gasteiger partial charge in [0.15, 0.2) is 0 Å². The number of rotatable bonds is 6. The average Bonchev–Trinajstić information content (AvgIpc) is 3.41. The second kappa shape index (κ2) is 7.93. The van der Waals surface area contributed by atoms with E-state index < -0.39 is 0 Å². The Hall–Kier alpha value is -3.42. The summed E-state index contributed by atoms with van der Waals surface area (Å²) < 4.78 is 1.77. The van der Waals surface area contributed by atoms with Crippen molar-refractivity contribution in [2.75, 3.05) is 25.0 Å². The molecular formula is C24H27N7O. The lowest BCUT2D eigenvalue weighted by molar-refractivity contribution is 0.0726. The Morgan fingerprint density at radius 2 is 2.06 bits per heavy atom. The van der Waals surface area contributed by atoms with Gasteiger partial charge in [-0.25, -0.2) is 9.50 Å². The molecule has 164 valence electrons. The molecule has 5 heterocycles. The van der Waals surface area contributed by atoms with E-state index in [1.54, 1.807) is 10.7 Å². The Labute approximate surface area is 186 Å². The lowest BCUT2D eigenvalue weighted by Gasteiger charge is -2.26. The molecule has 0 bridgehead atoms. The largest absolute Gasteiger partial charge is 0.354 e. The highest BCUT2D eigenvalue weighted by Crippen LogP contribution is 2.32. The van der Waals surface area contributed by atoms with Crippen LogP contribution in [0.25, 0.3) is 27.7 Å². The number of fused-ring (bicyclic) bond motifs is 2. The first-order valence-corrected chi connectivity index (χ1v) is 11.6. The Balaban J connectivity index is 1.29. The van der Waals surface area contributed by atoms with E-state index in [2.05, 4.69) is 25.4 Å². The number of amides is 1. The molecule has 0 atom stereocenters. The normalized spacial score (nSPS) is 16.7. The molecule has 1 aliphatic carbocycles. The van der Waals surface area contributed by atoms with Crippen LogP contribution in [0, 0.1) is 5.92 Å². The maximum absolute atomic E-state index is 13.1. The lowest BCUT2D eigenvalue weighted by Crippen LogP contribution is -2.35. The smallest absolute Gasteiger partial charge is 0.257 e. The molecule has 1 saturated carbocycles. The minimum absolute atomic E-state index is 0.0704. The van der Waals surface area contributed by atoms with E-state index >= 15 is 0 Å². The maximum Gasteiger partial charge on any atom is 0.257 e. The lowest BCUT2D eigenvalue weighted by atomic mass is 10.1. The molecule has 32 heavy (non-hydrogen) atoms. The Bertz CT molecular complexity index is 1280. The third-order valence-corrected chi connectivity index (χ3v) is 6.67. The standard InChI is InChI=1S/C24H27N7O/c32-23(30-9-2-1-3-10-30)20-15-28-31-11-7-17(12-21(20)31)18-13-26-22-19(18)14-27-24(29-22)25-8-6-16-4-5-16/h7,11-16H,1-6,8-10H2,(H2,25,26,27,29). The van der Waals surface area contributed by atoms with E-state index in [-0.39, 0.29) is 5.91 Å². The number of aromatic amines is 1. The molecule has 2 N–H and O–H groups in total. The minimum atomic E-state index is 0.0704. The summed E-state index contributed by atoms with van der Waals surface area (Å²) in [5.41, 5.74) is 4.32. The van der Waals surface area contributed by atoms with Gasteiger partial charge >= 0.3 is 0 Å². The SMILES string of the molecule is O=C(c1cnn2ccc(-c3c[nH]c4nc(NCCC5CC5)ncc34)cc12)N1CCCCC1. The van der Waals surface area contributed by atoms with Gasteiger partial charge in [-0.15, -0.1) is 0 Å². The zero-order valence-corrected chi connectivity index (χ0v) is 18.0. The van der Waals surface area contributed by atoms with Gasteiger partial charge in [-0.2, -0.15) is 10.1 Å². The van der Waals surface area contributed by atoms with Crippen LogP contribution in [-0.2, 0) is 0 Å². The zero-order valence-electron chi connectivity index (χ0n) is 18.0. The number of anilines is 1. The van der Waals surface area contributed by atoms with Crippen LogP contribution in [0.3, 0.4) is 0 Å². The molecule has 1 amide bonds. The number of piperidine rings is 1. The second-order valence-corrected chi connectivity index (χ2v) is 8.97. The van der Waals surface area contributed by atoms with Crippen LogP contribution in [-0.4, -0.2) is 55.0 Å². The second-order valence-electron chi connectivity index (χ2n) is 8.97.